The van der Waals surface area contributed by atoms with Crippen molar-refractivity contribution in [1.29, 1.82) is 0 Å². The van der Waals surface area contributed by atoms with Gasteiger partial charge in [0.2, 0.25) is 5.91 Å². The van der Waals surface area contributed by atoms with Crippen molar-refractivity contribution >= 4 is 17.6 Å². The second kappa shape index (κ2) is 9.20. The van der Waals surface area contributed by atoms with Gasteiger partial charge in [-0.1, -0.05) is 13.8 Å². The second-order valence-corrected chi connectivity index (χ2v) is 7.89. The van der Waals surface area contributed by atoms with Crippen molar-refractivity contribution in [1.82, 2.24) is 0 Å². The van der Waals surface area contributed by atoms with Gasteiger partial charge in [-0.15, -0.1) is 0 Å². The molecule has 1 aliphatic rings. The molecule has 6 heteroatoms. The van der Waals surface area contributed by atoms with E-state index >= 15 is 0 Å². The van der Waals surface area contributed by atoms with Crippen LogP contribution < -0.4 is 10.1 Å². The molecule has 3 rings (SSSR count). The van der Waals surface area contributed by atoms with Crippen LogP contribution in [0.5, 0.6) is 17.2 Å². The van der Waals surface area contributed by atoms with Crippen LogP contribution in [-0.4, -0.2) is 23.6 Å². The van der Waals surface area contributed by atoms with Crippen LogP contribution in [0.2, 0.25) is 0 Å². The van der Waals surface area contributed by atoms with E-state index in [4.69, 9.17) is 9.47 Å². The van der Waals surface area contributed by atoms with Crippen LogP contribution in [0.1, 0.15) is 61.8 Å². The number of esters is 1. The number of benzene rings is 2. The molecule has 2 N–H and O–H groups in total. The van der Waals surface area contributed by atoms with Crippen LogP contribution in [0, 0.1) is 6.92 Å². The third kappa shape index (κ3) is 4.75. The standard InChI is InChI=1S/C24H29NO5/c1-5-29-23(28)13-22(27)25-20-11-15(4)24(18-8-6-7-17(18)20)30-16-9-10-21(26)19(12-16)14(2)3/h9-12,14,26H,5-8,13H2,1-4H3,(H,25,27). The van der Waals surface area contributed by atoms with Gasteiger partial charge >= 0.3 is 5.97 Å². The second-order valence-electron chi connectivity index (χ2n) is 7.89. The van der Waals surface area contributed by atoms with Gasteiger partial charge in [0, 0.05) is 16.8 Å². The first-order valence-corrected chi connectivity index (χ1v) is 10.4. The van der Waals surface area contributed by atoms with E-state index in [0.717, 1.165) is 53.0 Å². The average molecular weight is 411 g/mol. The topological polar surface area (TPSA) is 84.9 Å². The van der Waals surface area contributed by atoms with Gasteiger partial charge in [-0.05, 0) is 74.4 Å². The number of anilines is 1. The average Bonchev–Trinajstić information content (AvgIpc) is 3.16. The molecule has 0 aliphatic heterocycles. The highest BCUT2D eigenvalue weighted by atomic mass is 16.5. The molecule has 0 heterocycles. The lowest BCUT2D eigenvalue weighted by Gasteiger charge is -2.18. The Hall–Kier alpha value is -3.02. The molecule has 0 radical (unpaired) electrons. The molecule has 0 saturated heterocycles. The lowest BCUT2D eigenvalue weighted by Crippen LogP contribution is -2.19. The predicted octanol–water partition coefficient (Wildman–Crippen LogP) is 5.00. The van der Waals surface area contributed by atoms with Gasteiger partial charge in [0.1, 0.15) is 23.7 Å². The largest absolute Gasteiger partial charge is 0.508 e. The monoisotopic (exact) mass is 411 g/mol. The molecule has 0 aromatic heterocycles. The quantitative estimate of drug-likeness (QED) is 0.495. The number of carbonyl (C=O) groups is 2. The minimum atomic E-state index is -0.531. The number of phenols is 1. The minimum Gasteiger partial charge on any atom is -0.508 e. The van der Waals surface area contributed by atoms with Crippen LogP contribution >= 0.6 is 0 Å². The fourth-order valence-electron chi connectivity index (χ4n) is 3.87. The number of ether oxygens (including phenoxy) is 2. The fraction of sp³-hybridized carbons (Fsp3) is 0.417. The Kier molecular flexibility index (Phi) is 6.65. The van der Waals surface area contributed by atoms with Crippen molar-refractivity contribution < 1.29 is 24.2 Å². The highest BCUT2D eigenvalue weighted by Crippen LogP contribution is 2.41. The number of aromatic hydroxyl groups is 1. The van der Waals surface area contributed by atoms with E-state index in [-0.39, 0.29) is 30.6 Å². The van der Waals surface area contributed by atoms with Crippen LogP contribution in [0.3, 0.4) is 0 Å². The van der Waals surface area contributed by atoms with Gasteiger partial charge in [-0.25, -0.2) is 0 Å². The number of hydrogen-bond donors (Lipinski definition) is 2. The SMILES string of the molecule is CCOC(=O)CC(=O)Nc1cc(C)c(Oc2ccc(O)c(C(C)C)c2)c2c1CCC2. The summed E-state index contributed by atoms with van der Waals surface area (Å²) < 4.78 is 11.1. The minimum absolute atomic E-state index is 0.178. The summed E-state index contributed by atoms with van der Waals surface area (Å²) in [5.74, 6) is 1.00. The Morgan fingerprint density at radius 1 is 1.17 bits per heavy atom. The van der Waals surface area contributed by atoms with E-state index in [2.05, 4.69) is 5.32 Å². The molecular formula is C24H29NO5. The van der Waals surface area contributed by atoms with Crippen molar-refractivity contribution in [2.75, 3.05) is 11.9 Å². The zero-order valence-corrected chi connectivity index (χ0v) is 18.0. The first kappa shape index (κ1) is 21.7. The summed E-state index contributed by atoms with van der Waals surface area (Å²) in [4.78, 5) is 23.8. The summed E-state index contributed by atoms with van der Waals surface area (Å²) in [6.07, 6.45) is 2.38. The van der Waals surface area contributed by atoms with Crippen LogP contribution in [0.15, 0.2) is 24.3 Å². The maximum Gasteiger partial charge on any atom is 0.315 e. The highest BCUT2D eigenvalue weighted by Gasteiger charge is 2.24. The lowest BCUT2D eigenvalue weighted by molar-refractivity contribution is -0.145. The van der Waals surface area contributed by atoms with Gasteiger partial charge in [0.05, 0.1) is 6.61 Å². The zero-order chi connectivity index (χ0) is 21.8. The first-order valence-electron chi connectivity index (χ1n) is 10.4. The van der Waals surface area contributed by atoms with E-state index in [1.807, 2.05) is 32.9 Å². The van der Waals surface area contributed by atoms with Crippen LogP contribution in [0.4, 0.5) is 5.69 Å². The molecule has 0 saturated carbocycles. The Balaban J connectivity index is 1.87. The molecule has 160 valence electrons. The van der Waals surface area contributed by atoms with Crippen molar-refractivity contribution in [2.24, 2.45) is 0 Å². The molecule has 1 amide bonds. The zero-order valence-electron chi connectivity index (χ0n) is 18.0. The molecule has 30 heavy (non-hydrogen) atoms. The number of nitrogens with one attached hydrogen (secondary N) is 1. The number of rotatable bonds is 7. The van der Waals surface area contributed by atoms with Crippen molar-refractivity contribution in [3.63, 3.8) is 0 Å². The number of aryl methyl sites for hydroxylation is 1. The van der Waals surface area contributed by atoms with Gasteiger partial charge in [-0.2, -0.15) is 0 Å². The van der Waals surface area contributed by atoms with E-state index in [1.54, 1.807) is 19.1 Å². The Labute approximate surface area is 177 Å². The summed E-state index contributed by atoms with van der Waals surface area (Å²) in [5.41, 5.74) is 4.61. The molecule has 2 aromatic rings. The number of carbonyl (C=O) groups excluding carboxylic acids is 2. The van der Waals surface area contributed by atoms with Gasteiger partial charge in [0.15, 0.2) is 0 Å². The number of amides is 1. The van der Waals surface area contributed by atoms with E-state index in [1.165, 1.54) is 0 Å². The van der Waals surface area contributed by atoms with E-state index in [9.17, 15) is 14.7 Å². The van der Waals surface area contributed by atoms with Crippen molar-refractivity contribution in [2.45, 2.75) is 59.3 Å². The molecule has 0 unspecified atom stereocenters. The number of phenolic OH excluding ortho intramolecular Hbond substituents is 1. The molecule has 1 aliphatic carbocycles. The van der Waals surface area contributed by atoms with Crippen molar-refractivity contribution in [3.8, 4) is 17.2 Å². The third-order valence-corrected chi connectivity index (χ3v) is 5.26. The molecule has 0 fully saturated rings. The van der Waals surface area contributed by atoms with E-state index in [0.29, 0.717) is 5.75 Å². The highest BCUT2D eigenvalue weighted by molar-refractivity contribution is 6.02. The summed E-state index contributed by atoms with van der Waals surface area (Å²) in [5, 5.41) is 12.9. The fourth-order valence-corrected chi connectivity index (χ4v) is 3.87. The first-order chi connectivity index (χ1) is 14.3. The summed E-state index contributed by atoms with van der Waals surface area (Å²) in [7, 11) is 0. The maximum atomic E-state index is 12.3. The molecule has 2 aromatic carbocycles. The smallest absolute Gasteiger partial charge is 0.315 e. The maximum absolute atomic E-state index is 12.3. The third-order valence-electron chi connectivity index (χ3n) is 5.26. The molecular weight excluding hydrogens is 382 g/mol. The lowest BCUT2D eigenvalue weighted by atomic mass is 10.0. The molecule has 0 atom stereocenters. The van der Waals surface area contributed by atoms with Gasteiger partial charge in [-0.3, -0.25) is 9.59 Å². The molecule has 0 bridgehead atoms. The molecule has 6 nitrogen and oxygen atoms in total. The Bertz CT molecular complexity index is 965. The Morgan fingerprint density at radius 3 is 2.60 bits per heavy atom. The van der Waals surface area contributed by atoms with Gasteiger partial charge < -0.3 is 19.9 Å². The molecule has 0 spiro atoms. The van der Waals surface area contributed by atoms with Crippen LogP contribution in [0.25, 0.3) is 0 Å². The van der Waals surface area contributed by atoms with E-state index < -0.39 is 5.97 Å². The Morgan fingerprint density at radius 2 is 1.90 bits per heavy atom. The van der Waals surface area contributed by atoms with Gasteiger partial charge in [0.25, 0.3) is 0 Å². The summed E-state index contributed by atoms with van der Waals surface area (Å²) in [6.45, 7) is 7.95. The predicted molar refractivity (Wildman–Crippen MR) is 115 cm³/mol. The summed E-state index contributed by atoms with van der Waals surface area (Å²) in [6, 6.07) is 7.18. The normalized spacial score (nSPS) is 12.6. The number of fused-ring (bicyclic) bond motifs is 1. The van der Waals surface area contributed by atoms with Crippen LogP contribution in [-0.2, 0) is 27.2 Å². The number of hydrogen-bond acceptors (Lipinski definition) is 5. The summed E-state index contributed by atoms with van der Waals surface area (Å²) >= 11 is 0. The van der Waals surface area contributed by atoms with Crippen molar-refractivity contribution in [3.05, 3.63) is 46.5 Å².